The summed E-state index contributed by atoms with van der Waals surface area (Å²) in [4.78, 5) is 14.5. The van der Waals surface area contributed by atoms with E-state index in [-0.39, 0.29) is 12.5 Å². The molecule has 4 aromatic rings. The number of carbonyl (C=O) groups excluding carboxylic acids is 1. The molecule has 160 valence electrons. The van der Waals surface area contributed by atoms with Crippen LogP contribution >= 0.6 is 0 Å². The van der Waals surface area contributed by atoms with Crippen molar-refractivity contribution in [2.75, 3.05) is 7.05 Å². The predicted octanol–water partition coefficient (Wildman–Crippen LogP) is 5.12. The number of hydrogen-bond donors (Lipinski definition) is 0. The van der Waals surface area contributed by atoms with E-state index in [0.29, 0.717) is 18.1 Å². The zero-order chi connectivity index (χ0) is 22.0. The lowest BCUT2D eigenvalue weighted by Crippen LogP contribution is -2.26. The van der Waals surface area contributed by atoms with Gasteiger partial charge in [0.1, 0.15) is 18.1 Å². The summed E-state index contributed by atoms with van der Waals surface area (Å²) in [7, 11) is 1.78. The quantitative estimate of drug-likeness (QED) is 0.419. The molecular weight excluding hydrogens is 390 g/mol. The maximum atomic E-state index is 12.8. The van der Waals surface area contributed by atoms with Crippen LogP contribution in [0.1, 0.15) is 40.2 Å². The summed E-state index contributed by atoms with van der Waals surface area (Å²) in [6.07, 6.45) is 0. The Morgan fingerprint density at radius 1 is 1.10 bits per heavy atom. The number of aryl methyl sites for hydroxylation is 2. The topological polar surface area (TPSA) is 60.5 Å². The van der Waals surface area contributed by atoms with E-state index < -0.39 is 0 Å². The number of rotatable bonds is 7. The average Bonchev–Trinajstić information content (AvgIpc) is 3.36. The predicted molar refractivity (Wildman–Crippen MR) is 120 cm³/mol. The molecule has 31 heavy (non-hydrogen) atoms. The molecule has 0 aliphatic rings. The summed E-state index contributed by atoms with van der Waals surface area (Å²) in [5.74, 6) is 1.51. The van der Waals surface area contributed by atoms with Crippen molar-refractivity contribution >= 4 is 16.7 Å². The molecule has 0 atom stereocenters. The first-order valence-electron chi connectivity index (χ1n) is 10.4. The van der Waals surface area contributed by atoms with E-state index >= 15 is 0 Å². The van der Waals surface area contributed by atoms with Crippen molar-refractivity contribution < 1.29 is 13.9 Å². The van der Waals surface area contributed by atoms with E-state index in [2.05, 4.69) is 24.2 Å². The normalized spacial score (nSPS) is 11.1. The highest BCUT2D eigenvalue weighted by molar-refractivity contribution is 5.91. The van der Waals surface area contributed by atoms with Crippen molar-refractivity contribution in [1.82, 2.24) is 14.7 Å². The van der Waals surface area contributed by atoms with Gasteiger partial charge in [0.05, 0.1) is 5.69 Å². The molecule has 0 saturated carbocycles. The number of carbonyl (C=O) groups is 1. The number of amides is 1. The molecule has 0 N–H and O–H groups in total. The average molecular weight is 418 g/mol. The summed E-state index contributed by atoms with van der Waals surface area (Å²) >= 11 is 0. The van der Waals surface area contributed by atoms with Gasteiger partial charge in [-0.2, -0.15) is 5.10 Å². The molecule has 6 nitrogen and oxygen atoms in total. The van der Waals surface area contributed by atoms with Crippen LogP contribution in [0.3, 0.4) is 0 Å². The highest BCUT2D eigenvalue weighted by Gasteiger charge is 2.20. The molecule has 0 fully saturated rings. The fourth-order valence-electron chi connectivity index (χ4n) is 3.75. The van der Waals surface area contributed by atoms with Gasteiger partial charge in [-0.15, -0.1) is 0 Å². The molecule has 2 aromatic heterocycles. The fraction of sp³-hybridized carbons (Fsp3) is 0.280. The van der Waals surface area contributed by atoms with Crippen LogP contribution in [0.25, 0.3) is 10.8 Å². The van der Waals surface area contributed by atoms with Crippen LogP contribution < -0.4 is 4.74 Å². The Kier molecular flexibility index (Phi) is 5.80. The van der Waals surface area contributed by atoms with Crippen LogP contribution in [0, 0.1) is 13.8 Å². The third kappa shape index (κ3) is 4.33. The molecule has 0 bridgehead atoms. The van der Waals surface area contributed by atoms with Gasteiger partial charge >= 0.3 is 0 Å². The Hall–Kier alpha value is -3.54. The minimum absolute atomic E-state index is 0.167. The van der Waals surface area contributed by atoms with Crippen LogP contribution in [0.4, 0.5) is 0 Å². The molecule has 4 rings (SSSR count). The third-order valence-corrected chi connectivity index (χ3v) is 5.55. The highest BCUT2D eigenvalue weighted by atomic mass is 16.5. The van der Waals surface area contributed by atoms with Crippen molar-refractivity contribution in [3.8, 4) is 5.75 Å². The molecule has 0 radical (unpaired) electrons. The maximum absolute atomic E-state index is 12.8. The summed E-state index contributed by atoms with van der Waals surface area (Å²) in [5.41, 5.74) is 3.11. The Bertz CT molecular complexity index is 1220. The van der Waals surface area contributed by atoms with E-state index in [0.717, 1.165) is 34.6 Å². The van der Waals surface area contributed by atoms with Crippen LogP contribution in [0.15, 0.2) is 59.0 Å². The van der Waals surface area contributed by atoms with Crippen molar-refractivity contribution in [2.24, 2.45) is 0 Å². The second-order valence-corrected chi connectivity index (χ2v) is 7.69. The van der Waals surface area contributed by atoms with Gasteiger partial charge in [-0.25, -0.2) is 0 Å². The number of nitrogens with zero attached hydrogens (tertiary/aromatic N) is 3. The van der Waals surface area contributed by atoms with Crippen molar-refractivity contribution in [2.45, 2.75) is 40.5 Å². The molecule has 0 spiro atoms. The number of furan rings is 1. The summed E-state index contributed by atoms with van der Waals surface area (Å²) in [6.45, 7) is 7.62. The Balaban J connectivity index is 1.40. The molecule has 6 heteroatoms. The first-order chi connectivity index (χ1) is 15.0. The van der Waals surface area contributed by atoms with Crippen LogP contribution in [0.5, 0.6) is 5.75 Å². The van der Waals surface area contributed by atoms with Crippen LogP contribution in [-0.4, -0.2) is 27.6 Å². The van der Waals surface area contributed by atoms with E-state index in [4.69, 9.17) is 9.15 Å². The largest absolute Gasteiger partial charge is 0.486 e. The minimum Gasteiger partial charge on any atom is -0.486 e. The molecular formula is C25H27N3O3. The highest BCUT2D eigenvalue weighted by Crippen LogP contribution is 2.22. The third-order valence-electron chi connectivity index (χ3n) is 5.55. The molecule has 2 heterocycles. The van der Waals surface area contributed by atoms with Crippen molar-refractivity contribution in [1.29, 1.82) is 0 Å². The Morgan fingerprint density at radius 3 is 2.61 bits per heavy atom. The number of benzene rings is 2. The number of hydrogen-bond acceptors (Lipinski definition) is 4. The minimum atomic E-state index is -0.167. The Morgan fingerprint density at radius 2 is 1.87 bits per heavy atom. The SMILES string of the molecule is CCn1nc(C)c(CN(C)C(=O)c2ccc(COc3ccc4ccccc4c3)o2)c1C. The maximum Gasteiger partial charge on any atom is 0.289 e. The lowest BCUT2D eigenvalue weighted by Gasteiger charge is -2.16. The zero-order valence-electron chi connectivity index (χ0n) is 18.4. The molecule has 0 aliphatic heterocycles. The number of fused-ring (bicyclic) bond motifs is 1. The van der Waals surface area contributed by atoms with E-state index in [1.54, 1.807) is 24.1 Å². The molecule has 0 unspecified atom stereocenters. The summed E-state index contributed by atoms with van der Waals surface area (Å²) < 4.78 is 13.6. The lowest BCUT2D eigenvalue weighted by atomic mass is 10.1. The van der Waals surface area contributed by atoms with E-state index in [1.165, 1.54) is 5.39 Å². The van der Waals surface area contributed by atoms with Crippen molar-refractivity contribution in [3.05, 3.63) is 83.1 Å². The van der Waals surface area contributed by atoms with E-state index in [1.807, 2.05) is 48.9 Å². The fourth-order valence-corrected chi connectivity index (χ4v) is 3.75. The number of ether oxygens (including phenoxy) is 1. The monoisotopic (exact) mass is 417 g/mol. The van der Waals surface area contributed by atoms with Gasteiger partial charge < -0.3 is 14.1 Å². The second kappa shape index (κ2) is 8.68. The van der Waals surface area contributed by atoms with Gasteiger partial charge in [0, 0.05) is 31.4 Å². The first kappa shape index (κ1) is 20.7. The Labute approximate surface area is 182 Å². The first-order valence-corrected chi connectivity index (χ1v) is 10.4. The second-order valence-electron chi connectivity index (χ2n) is 7.69. The lowest BCUT2D eigenvalue weighted by molar-refractivity contribution is 0.0749. The van der Waals surface area contributed by atoms with Gasteiger partial charge in [0.25, 0.3) is 5.91 Å². The van der Waals surface area contributed by atoms with Gasteiger partial charge in [-0.05, 0) is 55.8 Å². The van der Waals surface area contributed by atoms with Gasteiger partial charge in [0.2, 0.25) is 0 Å². The molecule has 2 aromatic carbocycles. The van der Waals surface area contributed by atoms with Gasteiger partial charge in [-0.3, -0.25) is 9.48 Å². The summed E-state index contributed by atoms with van der Waals surface area (Å²) in [5, 5.41) is 6.81. The molecule has 0 aliphatic carbocycles. The van der Waals surface area contributed by atoms with Crippen LogP contribution in [0.2, 0.25) is 0 Å². The number of aromatic nitrogens is 2. The zero-order valence-corrected chi connectivity index (χ0v) is 18.4. The molecule has 0 saturated heterocycles. The summed E-state index contributed by atoms with van der Waals surface area (Å²) in [6, 6.07) is 17.6. The van der Waals surface area contributed by atoms with Crippen LogP contribution in [-0.2, 0) is 19.7 Å². The standard InChI is InChI=1S/C25H27N3O3/c1-5-28-18(3)23(17(2)26-28)15-27(4)25(29)24-13-12-22(31-24)16-30-21-11-10-19-8-6-7-9-20(19)14-21/h6-14H,5,15-16H2,1-4H3. The van der Waals surface area contributed by atoms with Crippen molar-refractivity contribution in [3.63, 3.8) is 0 Å². The van der Waals surface area contributed by atoms with E-state index in [9.17, 15) is 4.79 Å². The van der Waals surface area contributed by atoms with Gasteiger partial charge in [0.15, 0.2) is 5.76 Å². The smallest absolute Gasteiger partial charge is 0.289 e. The molecule has 1 amide bonds. The van der Waals surface area contributed by atoms with Gasteiger partial charge in [-0.1, -0.05) is 30.3 Å².